The normalized spacial score (nSPS) is 16.5. The molecule has 1 aromatic heterocycles. The van der Waals surface area contributed by atoms with E-state index in [4.69, 9.17) is 11.6 Å². The summed E-state index contributed by atoms with van der Waals surface area (Å²) in [6.45, 7) is 0. The Morgan fingerprint density at radius 1 is 1.26 bits per heavy atom. The van der Waals surface area contributed by atoms with E-state index in [1.807, 2.05) is 24.3 Å². The van der Waals surface area contributed by atoms with E-state index in [0.717, 1.165) is 30.5 Å². The van der Waals surface area contributed by atoms with Crippen LogP contribution in [0, 0.1) is 0 Å². The summed E-state index contributed by atoms with van der Waals surface area (Å²) in [5.74, 6) is 0. The number of hydrogen-bond donors (Lipinski definition) is 0. The Bertz CT molecular complexity index is 637. The maximum atomic E-state index is 10.6. The highest BCUT2D eigenvalue weighted by molar-refractivity contribution is 6.29. The van der Waals surface area contributed by atoms with Crippen molar-refractivity contribution in [3.8, 4) is 5.69 Å². The molecule has 0 aliphatic heterocycles. The van der Waals surface area contributed by atoms with E-state index in [1.165, 1.54) is 0 Å². The van der Waals surface area contributed by atoms with Gasteiger partial charge in [-0.15, -0.1) is 0 Å². The average molecular weight is 274 g/mol. The summed E-state index contributed by atoms with van der Waals surface area (Å²) in [5.41, 5.74) is 1.59. The topological polar surface area (TPSA) is 47.2 Å². The van der Waals surface area contributed by atoms with E-state index in [0.29, 0.717) is 5.15 Å². The monoisotopic (exact) mass is 273 g/mol. The molecule has 3 rings (SSSR count). The zero-order valence-corrected chi connectivity index (χ0v) is 11.0. The van der Waals surface area contributed by atoms with Gasteiger partial charge < -0.3 is 0 Å². The Labute approximate surface area is 115 Å². The fourth-order valence-electron chi connectivity index (χ4n) is 2.45. The molecule has 0 atom stereocenters. The Morgan fingerprint density at radius 3 is 2.47 bits per heavy atom. The predicted octanol–water partition coefficient (Wildman–Crippen LogP) is 3.24. The van der Waals surface area contributed by atoms with Crippen molar-refractivity contribution in [2.45, 2.75) is 24.8 Å². The van der Waals surface area contributed by atoms with Crippen LogP contribution in [0.1, 0.15) is 24.8 Å². The van der Waals surface area contributed by atoms with Gasteiger partial charge in [-0.25, -0.2) is 9.48 Å². The fraction of sp³-hybridized carbons (Fsp3) is 0.286. The van der Waals surface area contributed by atoms with Gasteiger partial charge in [0.2, 0.25) is 6.08 Å². The van der Waals surface area contributed by atoms with Gasteiger partial charge in [0.25, 0.3) is 0 Å². The lowest BCUT2D eigenvalue weighted by Crippen LogP contribution is -2.31. The fourth-order valence-corrected chi connectivity index (χ4v) is 2.65. The van der Waals surface area contributed by atoms with E-state index < -0.39 is 0 Å². The maximum Gasteiger partial charge on any atom is 0.235 e. The molecule has 2 aromatic rings. The van der Waals surface area contributed by atoms with Crippen LogP contribution >= 0.6 is 11.6 Å². The Morgan fingerprint density at radius 2 is 2.00 bits per heavy atom. The van der Waals surface area contributed by atoms with E-state index in [-0.39, 0.29) is 5.54 Å². The molecule has 1 saturated carbocycles. The third kappa shape index (κ3) is 1.99. The highest BCUT2D eigenvalue weighted by Gasteiger charge is 2.38. The third-order valence-electron chi connectivity index (χ3n) is 3.69. The second-order valence-corrected chi connectivity index (χ2v) is 5.09. The van der Waals surface area contributed by atoms with Crippen molar-refractivity contribution in [2.24, 2.45) is 4.99 Å². The lowest BCUT2D eigenvalue weighted by molar-refractivity contribution is 0.256. The summed E-state index contributed by atoms with van der Waals surface area (Å²) in [7, 11) is 0. The highest BCUT2D eigenvalue weighted by Crippen LogP contribution is 2.44. The van der Waals surface area contributed by atoms with E-state index in [1.54, 1.807) is 23.0 Å². The van der Waals surface area contributed by atoms with E-state index >= 15 is 0 Å². The molecule has 5 heteroatoms. The van der Waals surface area contributed by atoms with Crippen molar-refractivity contribution in [3.05, 3.63) is 47.2 Å². The van der Waals surface area contributed by atoms with Crippen molar-refractivity contribution < 1.29 is 4.79 Å². The minimum Gasteiger partial charge on any atom is -0.222 e. The van der Waals surface area contributed by atoms with Crippen molar-refractivity contribution in [2.75, 3.05) is 0 Å². The molecule has 1 aliphatic carbocycles. The average Bonchev–Trinajstić information content (AvgIpc) is 2.80. The summed E-state index contributed by atoms with van der Waals surface area (Å²) in [6.07, 6.45) is 6.26. The van der Waals surface area contributed by atoms with Crippen LogP contribution < -0.4 is 0 Å². The lowest BCUT2D eigenvalue weighted by Gasteiger charge is -2.37. The van der Waals surface area contributed by atoms with Gasteiger partial charge in [-0.1, -0.05) is 23.7 Å². The van der Waals surface area contributed by atoms with Gasteiger partial charge in [-0.05, 0) is 43.0 Å². The molecule has 0 unspecified atom stereocenters. The van der Waals surface area contributed by atoms with Crippen molar-refractivity contribution in [1.82, 2.24) is 9.78 Å². The Kier molecular flexibility index (Phi) is 2.97. The molecule has 0 amide bonds. The van der Waals surface area contributed by atoms with Crippen LogP contribution in [0.2, 0.25) is 5.15 Å². The SMILES string of the molecule is O=C=NC1(c2ccc(-n3nccc3Cl)cc2)CCC1. The first-order valence-corrected chi connectivity index (χ1v) is 6.52. The minimum atomic E-state index is -0.353. The maximum absolute atomic E-state index is 10.6. The van der Waals surface area contributed by atoms with Crippen LogP contribution in [0.5, 0.6) is 0 Å². The molecular formula is C14H12ClN3O. The zero-order chi connectivity index (χ0) is 13.3. The summed E-state index contributed by atoms with van der Waals surface area (Å²) in [6, 6.07) is 9.57. The van der Waals surface area contributed by atoms with Crippen LogP contribution in [-0.2, 0) is 10.3 Å². The van der Waals surface area contributed by atoms with Crippen molar-refractivity contribution in [3.63, 3.8) is 0 Å². The molecule has 1 aliphatic rings. The molecular weight excluding hydrogens is 262 g/mol. The predicted molar refractivity (Wildman–Crippen MR) is 72.2 cm³/mol. The number of aromatic nitrogens is 2. The van der Waals surface area contributed by atoms with E-state index in [2.05, 4.69) is 10.1 Å². The van der Waals surface area contributed by atoms with Gasteiger partial charge in [0.15, 0.2) is 0 Å². The molecule has 0 saturated heterocycles. The van der Waals surface area contributed by atoms with Gasteiger partial charge in [0.1, 0.15) is 5.15 Å². The molecule has 4 nitrogen and oxygen atoms in total. The summed E-state index contributed by atoms with van der Waals surface area (Å²) < 4.78 is 1.65. The smallest absolute Gasteiger partial charge is 0.222 e. The second-order valence-electron chi connectivity index (χ2n) is 4.70. The van der Waals surface area contributed by atoms with Gasteiger partial charge in [0.05, 0.1) is 17.4 Å². The summed E-state index contributed by atoms with van der Waals surface area (Å²) in [5, 5.41) is 4.71. The molecule has 1 heterocycles. The number of carbonyl (C=O) groups excluding carboxylic acids is 1. The van der Waals surface area contributed by atoms with Crippen LogP contribution in [0.4, 0.5) is 0 Å². The number of hydrogen-bond acceptors (Lipinski definition) is 3. The van der Waals surface area contributed by atoms with Crippen LogP contribution in [0.3, 0.4) is 0 Å². The van der Waals surface area contributed by atoms with Gasteiger partial charge in [-0.2, -0.15) is 10.1 Å². The zero-order valence-electron chi connectivity index (χ0n) is 10.2. The largest absolute Gasteiger partial charge is 0.235 e. The number of nitrogens with zero attached hydrogens (tertiary/aromatic N) is 3. The molecule has 0 N–H and O–H groups in total. The highest BCUT2D eigenvalue weighted by atomic mass is 35.5. The second kappa shape index (κ2) is 4.65. The molecule has 0 bridgehead atoms. The molecule has 0 radical (unpaired) electrons. The van der Waals surface area contributed by atoms with Crippen LogP contribution in [0.15, 0.2) is 41.5 Å². The van der Waals surface area contributed by atoms with Gasteiger partial charge in [0, 0.05) is 0 Å². The number of aliphatic imine (C=N–C) groups is 1. The quantitative estimate of drug-likeness (QED) is 0.637. The summed E-state index contributed by atoms with van der Waals surface area (Å²) >= 11 is 6.02. The molecule has 1 fully saturated rings. The van der Waals surface area contributed by atoms with Gasteiger partial charge >= 0.3 is 0 Å². The first-order chi connectivity index (χ1) is 9.25. The molecule has 96 valence electrons. The van der Waals surface area contributed by atoms with Crippen LogP contribution in [0.25, 0.3) is 5.69 Å². The molecule has 19 heavy (non-hydrogen) atoms. The number of rotatable bonds is 3. The Balaban J connectivity index is 1.95. The van der Waals surface area contributed by atoms with Crippen LogP contribution in [-0.4, -0.2) is 15.9 Å². The summed E-state index contributed by atoms with van der Waals surface area (Å²) in [4.78, 5) is 14.5. The van der Waals surface area contributed by atoms with Crippen molar-refractivity contribution >= 4 is 17.7 Å². The van der Waals surface area contributed by atoms with Gasteiger partial charge in [-0.3, -0.25) is 0 Å². The standard InChI is InChI=1S/C14H12ClN3O/c15-13-6-9-17-18(13)12-4-2-11(3-5-12)14(16-10-19)7-1-8-14/h2-6,9H,1,7-8H2. The third-order valence-corrected chi connectivity index (χ3v) is 3.97. The molecule has 0 spiro atoms. The number of halogens is 1. The first-order valence-electron chi connectivity index (χ1n) is 6.15. The first kappa shape index (κ1) is 12.2. The Hall–Kier alpha value is -1.90. The van der Waals surface area contributed by atoms with Crippen molar-refractivity contribution in [1.29, 1.82) is 0 Å². The number of isocyanates is 1. The van der Waals surface area contributed by atoms with E-state index in [9.17, 15) is 4.79 Å². The molecule has 1 aromatic carbocycles. The number of benzene rings is 1. The lowest BCUT2D eigenvalue weighted by atomic mass is 9.72. The minimum absolute atomic E-state index is 0.353.